The number of rotatable bonds is 5. The molecule has 0 aliphatic carbocycles. The van der Waals surface area contributed by atoms with E-state index in [0.29, 0.717) is 6.42 Å². The highest BCUT2D eigenvalue weighted by atomic mass is 79.9. The van der Waals surface area contributed by atoms with E-state index in [0.717, 1.165) is 16.8 Å². The fourth-order valence-electron chi connectivity index (χ4n) is 1.42. The minimum absolute atomic E-state index is 0.168. The van der Waals surface area contributed by atoms with E-state index >= 15 is 0 Å². The van der Waals surface area contributed by atoms with Crippen molar-refractivity contribution in [3.8, 4) is 0 Å². The van der Waals surface area contributed by atoms with E-state index in [1.54, 1.807) is 6.20 Å². The molecule has 0 saturated heterocycles. The van der Waals surface area contributed by atoms with E-state index in [-0.39, 0.29) is 18.6 Å². The molecule has 0 amide bonds. The van der Waals surface area contributed by atoms with Crippen molar-refractivity contribution in [3.05, 3.63) is 10.7 Å². The second kappa shape index (κ2) is 6.00. The minimum atomic E-state index is 0.168. The van der Waals surface area contributed by atoms with Gasteiger partial charge in [0.1, 0.15) is 5.82 Å². The molecule has 1 rings (SSSR count). The van der Waals surface area contributed by atoms with Crippen LogP contribution in [0.15, 0.2) is 10.7 Å². The highest BCUT2D eigenvalue weighted by Crippen LogP contribution is 2.25. The second-order valence-electron chi connectivity index (χ2n) is 3.76. The lowest BCUT2D eigenvalue weighted by atomic mass is 10.3. The minimum Gasteiger partial charge on any atom is -0.396 e. The molecule has 1 heterocycles. The lowest BCUT2D eigenvalue weighted by Gasteiger charge is -2.28. The van der Waals surface area contributed by atoms with E-state index in [2.05, 4.69) is 44.6 Å². The van der Waals surface area contributed by atoms with Crippen LogP contribution >= 0.6 is 15.9 Å². The molecule has 0 aliphatic heterocycles. The summed E-state index contributed by atoms with van der Waals surface area (Å²) in [6, 6.07) is 0.289. The second-order valence-corrected chi connectivity index (χ2v) is 4.62. The van der Waals surface area contributed by atoms with Gasteiger partial charge in [0.05, 0.1) is 4.47 Å². The maximum absolute atomic E-state index is 8.87. The smallest absolute Gasteiger partial charge is 0.222 e. The Kier molecular flexibility index (Phi) is 4.95. The molecule has 0 aromatic carbocycles. The number of hydrogen-bond acceptors (Lipinski definition) is 5. The third kappa shape index (κ3) is 3.31. The lowest BCUT2D eigenvalue weighted by molar-refractivity contribution is 0.288. The van der Waals surface area contributed by atoms with Gasteiger partial charge < -0.3 is 15.7 Å². The molecule has 0 bridgehead atoms. The zero-order chi connectivity index (χ0) is 12.1. The summed E-state index contributed by atoms with van der Waals surface area (Å²) in [5, 5.41) is 8.87. The lowest BCUT2D eigenvalue weighted by Crippen LogP contribution is -2.33. The van der Waals surface area contributed by atoms with E-state index < -0.39 is 0 Å². The standard InChI is InChI=1S/C10H17BrN4O/c1-7(2)15(4-3-5-16)9-8(11)6-13-10(12)14-9/h6-7,16H,3-5H2,1-2H3,(H2,12,13,14). The van der Waals surface area contributed by atoms with Crippen molar-refractivity contribution in [2.24, 2.45) is 0 Å². The zero-order valence-corrected chi connectivity index (χ0v) is 11.1. The SMILES string of the molecule is CC(C)N(CCCO)c1nc(N)ncc1Br. The monoisotopic (exact) mass is 288 g/mol. The number of aromatic nitrogens is 2. The first kappa shape index (κ1) is 13.2. The van der Waals surface area contributed by atoms with Crippen molar-refractivity contribution in [3.63, 3.8) is 0 Å². The van der Waals surface area contributed by atoms with Gasteiger partial charge in [0.15, 0.2) is 0 Å². The first-order valence-electron chi connectivity index (χ1n) is 5.21. The Labute approximate surface area is 104 Å². The van der Waals surface area contributed by atoms with E-state index in [1.807, 2.05) is 0 Å². The molecule has 5 nitrogen and oxygen atoms in total. The molecule has 0 fully saturated rings. The van der Waals surface area contributed by atoms with Crippen LogP contribution in [-0.2, 0) is 0 Å². The van der Waals surface area contributed by atoms with Gasteiger partial charge in [0, 0.05) is 25.4 Å². The normalized spacial score (nSPS) is 10.8. The van der Waals surface area contributed by atoms with Crippen molar-refractivity contribution >= 4 is 27.7 Å². The number of aliphatic hydroxyl groups excluding tert-OH is 1. The Bertz CT molecular complexity index is 346. The van der Waals surface area contributed by atoms with Crippen LogP contribution in [0.2, 0.25) is 0 Å². The Balaban J connectivity index is 2.95. The van der Waals surface area contributed by atoms with E-state index in [1.165, 1.54) is 0 Å². The highest BCUT2D eigenvalue weighted by molar-refractivity contribution is 9.10. The Hall–Kier alpha value is -0.880. The molecule has 6 heteroatoms. The molecule has 0 atom stereocenters. The largest absolute Gasteiger partial charge is 0.396 e. The van der Waals surface area contributed by atoms with Gasteiger partial charge in [-0.2, -0.15) is 4.98 Å². The van der Waals surface area contributed by atoms with E-state index in [9.17, 15) is 0 Å². The van der Waals surface area contributed by atoms with Gasteiger partial charge in [0.25, 0.3) is 0 Å². The summed E-state index contributed by atoms with van der Waals surface area (Å²) in [5.74, 6) is 1.03. The third-order valence-electron chi connectivity index (χ3n) is 2.20. The number of nitrogens with two attached hydrogens (primary N) is 1. The Morgan fingerprint density at radius 2 is 2.25 bits per heavy atom. The first-order chi connectivity index (χ1) is 7.56. The molecule has 16 heavy (non-hydrogen) atoms. The fraction of sp³-hybridized carbons (Fsp3) is 0.600. The molecule has 0 unspecified atom stereocenters. The number of nitrogens with zero attached hydrogens (tertiary/aromatic N) is 3. The molecule has 0 aliphatic rings. The van der Waals surface area contributed by atoms with Crippen molar-refractivity contribution in [2.45, 2.75) is 26.3 Å². The number of hydrogen-bond donors (Lipinski definition) is 2. The van der Waals surface area contributed by atoms with Gasteiger partial charge in [-0.3, -0.25) is 0 Å². The van der Waals surface area contributed by atoms with Crippen LogP contribution in [0, 0.1) is 0 Å². The predicted octanol–water partition coefficient (Wildman–Crippen LogP) is 1.42. The maximum atomic E-state index is 8.87. The van der Waals surface area contributed by atoms with Crippen LogP contribution in [0.5, 0.6) is 0 Å². The van der Waals surface area contributed by atoms with Crippen LogP contribution in [0.25, 0.3) is 0 Å². The van der Waals surface area contributed by atoms with Gasteiger partial charge >= 0.3 is 0 Å². The van der Waals surface area contributed by atoms with Crippen molar-refractivity contribution in [2.75, 3.05) is 23.8 Å². The molecule has 3 N–H and O–H groups in total. The summed E-state index contributed by atoms with van der Waals surface area (Å²) in [6.07, 6.45) is 2.35. The van der Waals surface area contributed by atoms with Crippen LogP contribution in [0.1, 0.15) is 20.3 Å². The fourth-order valence-corrected chi connectivity index (χ4v) is 1.84. The van der Waals surface area contributed by atoms with Crippen molar-refractivity contribution in [1.29, 1.82) is 0 Å². The molecule has 0 radical (unpaired) electrons. The summed E-state index contributed by atoms with van der Waals surface area (Å²) in [7, 11) is 0. The van der Waals surface area contributed by atoms with Crippen LogP contribution in [0.3, 0.4) is 0 Å². The quantitative estimate of drug-likeness (QED) is 0.857. The van der Waals surface area contributed by atoms with Crippen molar-refractivity contribution in [1.82, 2.24) is 9.97 Å². The summed E-state index contributed by atoms with van der Waals surface area (Å²) in [4.78, 5) is 10.2. The predicted molar refractivity (Wildman–Crippen MR) is 68.3 cm³/mol. The van der Waals surface area contributed by atoms with Crippen LogP contribution < -0.4 is 10.6 Å². The van der Waals surface area contributed by atoms with Gasteiger partial charge in [-0.25, -0.2) is 4.98 Å². The molecule has 0 spiro atoms. The number of nitrogen functional groups attached to an aromatic ring is 1. The number of aliphatic hydroxyl groups is 1. The van der Waals surface area contributed by atoms with Gasteiger partial charge in [-0.15, -0.1) is 0 Å². The van der Waals surface area contributed by atoms with Crippen molar-refractivity contribution < 1.29 is 5.11 Å². The van der Waals surface area contributed by atoms with Gasteiger partial charge in [-0.05, 0) is 36.2 Å². The number of halogens is 1. The van der Waals surface area contributed by atoms with Crippen LogP contribution in [0.4, 0.5) is 11.8 Å². The molecule has 1 aromatic heterocycles. The molecular formula is C10H17BrN4O. The van der Waals surface area contributed by atoms with E-state index in [4.69, 9.17) is 10.8 Å². The van der Waals surface area contributed by atoms with Crippen LogP contribution in [-0.4, -0.2) is 34.3 Å². The summed E-state index contributed by atoms with van der Waals surface area (Å²) < 4.78 is 0.813. The third-order valence-corrected chi connectivity index (χ3v) is 2.76. The topological polar surface area (TPSA) is 75.3 Å². The Morgan fingerprint density at radius 3 is 2.81 bits per heavy atom. The highest BCUT2D eigenvalue weighted by Gasteiger charge is 2.15. The average molecular weight is 289 g/mol. The first-order valence-corrected chi connectivity index (χ1v) is 6.01. The Morgan fingerprint density at radius 1 is 1.56 bits per heavy atom. The molecule has 0 saturated carbocycles. The maximum Gasteiger partial charge on any atom is 0.222 e. The summed E-state index contributed by atoms with van der Waals surface area (Å²) in [6.45, 7) is 5.05. The summed E-state index contributed by atoms with van der Waals surface area (Å²) in [5.41, 5.74) is 5.57. The molecular weight excluding hydrogens is 272 g/mol. The number of anilines is 2. The van der Waals surface area contributed by atoms with Gasteiger partial charge in [-0.1, -0.05) is 0 Å². The molecule has 1 aromatic rings. The average Bonchev–Trinajstić information content (AvgIpc) is 2.23. The molecule has 90 valence electrons. The van der Waals surface area contributed by atoms with Gasteiger partial charge in [0.2, 0.25) is 5.95 Å². The summed E-state index contributed by atoms with van der Waals surface area (Å²) >= 11 is 3.41. The zero-order valence-electron chi connectivity index (χ0n) is 9.52.